The van der Waals surface area contributed by atoms with Crippen molar-refractivity contribution in [2.75, 3.05) is 55.9 Å². The van der Waals surface area contributed by atoms with Crippen LogP contribution in [0.1, 0.15) is 122 Å². The standard InChI is InChI=1S/C16H16FN5O.C16H18N4O.C15H20BFO4.C13H21BN2O3/c17-11-7-10(1-2-13(11)22-3-5-23-6-4-22)15-14-12(8-19-15)20-9-21-16(14)18;1-9(2)21-13-5-4-11(6-10(13)3)15-14-12(7-18-15)19-8-20-16(14)17;1-14(2)15(3,4)21-16(20-14)10-5-6-13(12(17)7-10)19-11-8-18-9-11;1-9(2)17-11-15-7-10(8-16-11)14-18-12(3,4)13(5,6)19-14/h1-2,7,9H,3-6,8H2,(H2,18,20,21);4-6,8-9H,7H2,1-3H3,(H2,17,19,20);5-7,11H,8-9H2,1-4H3;7-9H,1-6H3. The van der Waals surface area contributed by atoms with E-state index >= 15 is 0 Å². The van der Waals surface area contributed by atoms with Crippen LogP contribution in [0.4, 0.5) is 26.1 Å². The number of anilines is 3. The number of halogens is 2. The first-order chi connectivity index (χ1) is 39.8. The van der Waals surface area contributed by atoms with Crippen LogP contribution in [0.3, 0.4) is 0 Å². The molecular weight excluding hydrogens is 1080 g/mol. The van der Waals surface area contributed by atoms with Gasteiger partial charge in [0.05, 0.1) is 114 Å². The van der Waals surface area contributed by atoms with Crippen molar-refractivity contribution in [2.24, 2.45) is 9.98 Å². The lowest BCUT2D eigenvalue weighted by Crippen LogP contribution is -2.41. The Bertz CT molecular complexity index is 3350. The minimum Gasteiger partial charge on any atom is -0.491 e. The normalized spacial score (nSPS) is 18.7. The number of nitrogens with zero attached hydrogens (tertiary/aromatic N) is 9. The summed E-state index contributed by atoms with van der Waals surface area (Å²) in [6, 6.07) is 16.4. The van der Waals surface area contributed by atoms with Crippen LogP contribution in [-0.4, -0.2) is 136 Å². The number of morpholine rings is 1. The lowest BCUT2D eigenvalue weighted by atomic mass is 9.79. The fourth-order valence-electron chi connectivity index (χ4n) is 9.36. The molecule has 0 unspecified atom stereocenters. The predicted molar refractivity (Wildman–Crippen MR) is 319 cm³/mol. The molecule has 3 aromatic carbocycles. The third kappa shape index (κ3) is 13.8. The van der Waals surface area contributed by atoms with Crippen molar-refractivity contribution in [3.8, 4) is 17.5 Å². The number of hydrogen-bond acceptors (Lipinski definition) is 20. The molecule has 0 atom stereocenters. The van der Waals surface area contributed by atoms with E-state index in [0.29, 0.717) is 98.2 Å². The summed E-state index contributed by atoms with van der Waals surface area (Å²) in [4.78, 5) is 35.8. The van der Waals surface area contributed by atoms with Crippen molar-refractivity contribution in [1.82, 2.24) is 29.9 Å². The molecule has 0 saturated carbocycles. The number of aliphatic imine (C=N–C) groups is 2. The maximum absolute atomic E-state index is 14.6. The fraction of sp³-hybridized carbons (Fsp3) is 0.467. The smallest absolute Gasteiger partial charge is 0.491 e. The first kappa shape index (κ1) is 61.4. The highest BCUT2D eigenvalue weighted by molar-refractivity contribution is 6.62. The Kier molecular flexibility index (Phi) is 18.4. The van der Waals surface area contributed by atoms with Gasteiger partial charge in [-0.25, -0.2) is 38.7 Å². The maximum Gasteiger partial charge on any atom is 0.498 e. The average Bonchev–Trinajstić information content (AvgIpc) is 4.06. The Morgan fingerprint density at radius 2 is 1.08 bits per heavy atom. The van der Waals surface area contributed by atoms with Crippen LogP contribution in [-0.2, 0) is 41.2 Å². The zero-order valence-electron chi connectivity index (χ0n) is 50.2. The molecule has 3 aromatic heterocycles. The molecule has 0 aliphatic carbocycles. The van der Waals surface area contributed by atoms with E-state index in [-0.39, 0.29) is 41.1 Å². The summed E-state index contributed by atoms with van der Waals surface area (Å²) in [5.41, 5.74) is 19.9. The highest BCUT2D eigenvalue weighted by atomic mass is 19.1. The third-order valence-corrected chi connectivity index (χ3v) is 15.4. The Morgan fingerprint density at radius 1 is 0.583 bits per heavy atom. The molecule has 6 aliphatic rings. The molecule has 4 saturated heterocycles. The summed E-state index contributed by atoms with van der Waals surface area (Å²) in [6.45, 7) is 30.5. The molecule has 6 aliphatic heterocycles. The van der Waals surface area contributed by atoms with E-state index in [4.69, 9.17) is 53.8 Å². The summed E-state index contributed by atoms with van der Waals surface area (Å²) >= 11 is 0. The Hall–Kier alpha value is -7.21. The second-order valence-corrected chi connectivity index (χ2v) is 23.5. The van der Waals surface area contributed by atoms with Crippen molar-refractivity contribution in [2.45, 2.75) is 144 Å². The number of aromatic nitrogens is 6. The number of fused-ring (bicyclic) bond motifs is 2. The minimum absolute atomic E-state index is 0.0535. The summed E-state index contributed by atoms with van der Waals surface area (Å²) in [6.07, 6.45) is 6.44. The molecule has 84 heavy (non-hydrogen) atoms. The number of rotatable bonds is 11. The van der Waals surface area contributed by atoms with Crippen LogP contribution in [0, 0.1) is 18.6 Å². The SMILES string of the molecule is CC(C)Oc1ncc(B2OC(C)(C)C(C)(C)O2)cn1.CC1(C)OB(c2ccc(OC3COC3)c(F)c2)OC1(C)C.Cc1cc(C2=NCc3ncnc(N)c32)ccc1OC(C)C.Nc1ncnc2c1C(c1ccc(N3CCOCC3)c(F)c1)=NC2. The van der Waals surface area contributed by atoms with E-state index in [9.17, 15) is 8.78 Å². The Balaban J connectivity index is 0.000000135. The van der Waals surface area contributed by atoms with Crippen LogP contribution in [0.5, 0.6) is 17.5 Å². The monoisotopic (exact) mass is 1150 g/mol. The Morgan fingerprint density at radius 3 is 1.56 bits per heavy atom. The number of benzene rings is 3. The summed E-state index contributed by atoms with van der Waals surface area (Å²) in [7, 11) is -0.997. The summed E-state index contributed by atoms with van der Waals surface area (Å²) < 4.78 is 79.4. The second-order valence-electron chi connectivity index (χ2n) is 23.5. The molecule has 12 rings (SSSR count). The van der Waals surface area contributed by atoms with Gasteiger partial charge in [0, 0.05) is 42.1 Å². The molecule has 444 valence electrons. The number of ether oxygens (including phenoxy) is 5. The van der Waals surface area contributed by atoms with Gasteiger partial charge < -0.3 is 58.7 Å². The highest BCUT2D eigenvalue weighted by Gasteiger charge is 2.53. The lowest BCUT2D eigenvalue weighted by molar-refractivity contribution is -0.0808. The van der Waals surface area contributed by atoms with Gasteiger partial charge in [-0.1, -0.05) is 12.1 Å². The number of nitrogen functional groups attached to an aromatic ring is 2. The first-order valence-electron chi connectivity index (χ1n) is 28.2. The molecule has 0 spiro atoms. The molecule has 0 radical (unpaired) electrons. The minimum atomic E-state index is -0.564. The van der Waals surface area contributed by atoms with Crippen LogP contribution in [0.2, 0.25) is 0 Å². The molecular formula is C60H75B2F2N11O9. The van der Waals surface area contributed by atoms with E-state index in [1.54, 1.807) is 30.6 Å². The first-order valence-corrected chi connectivity index (χ1v) is 28.2. The molecule has 9 heterocycles. The molecule has 20 nitrogen and oxygen atoms in total. The van der Waals surface area contributed by atoms with Crippen LogP contribution >= 0.6 is 0 Å². The summed E-state index contributed by atoms with van der Waals surface area (Å²) in [5, 5.41) is 0. The topological polar surface area (TPSA) is 240 Å². The van der Waals surface area contributed by atoms with Crippen molar-refractivity contribution in [1.29, 1.82) is 0 Å². The van der Waals surface area contributed by atoms with Gasteiger partial charge in [-0.05, 0) is 143 Å². The van der Waals surface area contributed by atoms with Gasteiger partial charge in [-0.2, -0.15) is 0 Å². The molecule has 0 bridgehead atoms. The lowest BCUT2D eigenvalue weighted by Gasteiger charge is -2.32. The van der Waals surface area contributed by atoms with Gasteiger partial charge in [0.2, 0.25) is 0 Å². The van der Waals surface area contributed by atoms with Gasteiger partial charge in [0.1, 0.15) is 42.0 Å². The number of nitrogens with two attached hydrogens (primary N) is 2. The van der Waals surface area contributed by atoms with Gasteiger partial charge in [-0.15, -0.1) is 0 Å². The van der Waals surface area contributed by atoms with E-state index in [1.807, 2.05) is 113 Å². The van der Waals surface area contributed by atoms with E-state index in [0.717, 1.165) is 45.0 Å². The molecule has 6 aromatic rings. The largest absolute Gasteiger partial charge is 0.498 e. The van der Waals surface area contributed by atoms with Crippen molar-refractivity contribution in [3.63, 3.8) is 0 Å². The molecule has 24 heteroatoms. The molecule has 4 fully saturated rings. The highest BCUT2D eigenvalue weighted by Crippen LogP contribution is 2.38. The van der Waals surface area contributed by atoms with E-state index in [2.05, 4.69) is 46.0 Å². The van der Waals surface area contributed by atoms with Gasteiger partial charge in [0.25, 0.3) is 0 Å². The van der Waals surface area contributed by atoms with Crippen LogP contribution in [0.25, 0.3) is 0 Å². The predicted octanol–water partition coefficient (Wildman–Crippen LogP) is 7.36. The fourth-order valence-corrected chi connectivity index (χ4v) is 9.36. The summed E-state index contributed by atoms with van der Waals surface area (Å²) in [5.74, 6) is 1.32. The quantitative estimate of drug-likeness (QED) is 0.120. The number of hydrogen-bond donors (Lipinski definition) is 2. The van der Waals surface area contributed by atoms with Crippen molar-refractivity contribution >= 4 is 53.9 Å². The Labute approximate surface area is 490 Å². The van der Waals surface area contributed by atoms with E-state index < -0.39 is 31.3 Å². The van der Waals surface area contributed by atoms with Gasteiger partial charge >= 0.3 is 20.2 Å². The van der Waals surface area contributed by atoms with Gasteiger partial charge in [0.15, 0.2) is 11.6 Å². The van der Waals surface area contributed by atoms with Crippen LogP contribution in [0.15, 0.2) is 89.6 Å². The van der Waals surface area contributed by atoms with Crippen molar-refractivity contribution in [3.05, 3.63) is 130 Å². The second kappa shape index (κ2) is 25.2. The molecule has 0 amide bonds. The van der Waals surface area contributed by atoms with Gasteiger partial charge in [-0.3, -0.25) is 9.98 Å². The number of aryl methyl sites for hydroxylation is 1. The zero-order valence-corrected chi connectivity index (χ0v) is 50.2. The maximum atomic E-state index is 14.6. The average molecular weight is 1150 g/mol. The van der Waals surface area contributed by atoms with Crippen LogP contribution < -0.4 is 41.5 Å². The van der Waals surface area contributed by atoms with E-state index in [1.165, 1.54) is 24.8 Å². The molecule has 4 N–H and O–H groups in total. The third-order valence-electron chi connectivity index (χ3n) is 15.4. The van der Waals surface area contributed by atoms with Crippen molar-refractivity contribution < 1.29 is 51.1 Å². The zero-order chi connectivity index (χ0) is 60.3.